The largest absolute Gasteiger partial charge is 0.382 e. The van der Waals surface area contributed by atoms with E-state index >= 15 is 0 Å². The van der Waals surface area contributed by atoms with E-state index in [9.17, 15) is 0 Å². The minimum atomic E-state index is 0.453. The van der Waals surface area contributed by atoms with Crippen LogP contribution in [0.1, 0.15) is 52.9 Å². The summed E-state index contributed by atoms with van der Waals surface area (Å²) in [6.07, 6.45) is 6.41. The van der Waals surface area contributed by atoms with Crippen LogP contribution in [0.3, 0.4) is 0 Å². The van der Waals surface area contributed by atoms with Gasteiger partial charge in [0.25, 0.3) is 0 Å². The van der Waals surface area contributed by atoms with Gasteiger partial charge < -0.3 is 20.1 Å². The first-order chi connectivity index (χ1) is 10.2. The second kappa shape index (κ2) is 15.6. The Labute approximate surface area is 130 Å². The second-order valence-electron chi connectivity index (χ2n) is 5.26. The van der Waals surface area contributed by atoms with Crippen LogP contribution in [0, 0.1) is 0 Å². The van der Waals surface area contributed by atoms with Crippen molar-refractivity contribution in [3.63, 3.8) is 0 Å². The lowest BCUT2D eigenvalue weighted by atomic mass is 10.1. The Kier molecular flexibility index (Phi) is 15.0. The molecule has 1 atom stereocenters. The number of guanidine groups is 1. The molecule has 0 aromatic heterocycles. The number of unbranched alkanes of at least 4 members (excludes halogenated alkanes) is 3. The Morgan fingerprint density at radius 2 is 1.90 bits per heavy atom. The Morgan fingerprint density at radius 3 is 2.57 bits per heavy atom. The maximum atomic E-state index is 5.41. The molecule has 0 aliphatic carbocycles. The number of ether oxygens (including phenoxy) is 2. The number of hydrogen-bond donors (Lipinski definition) is 2. The lowest BCUT2D eigenvalue weighted by Gasteiger charge is -2.17. The van der Waals surface area contributed by atoms with Gasteiger partial charge in [0.1, 0.15) is 0 Å². The van der Waals surface area contributed by atoms with E-state index in [1.165, 1.54) is 32.1 Å². The normalized spacial score (nSPS) is 13.2. The number of nitrogens with one attached hydrogen (secondary N) is 2. The van der Waals surface area contributed by atoms with Crippen LogP contribution < -0.4 is 10.6 Å². The van der Waals surface area contributed by atoms with Crippen LogP contribution in [-0.2, 0) is 9.47 Å². The maximum Gasteiger partial charge on any atom is 0.191 e. The van der Waals surface area contributed by atoms with Crippen LogP contribution >= 0.6 is 0 Å². The molecular weight excluding hydrogens is 266 g/mol. The van der Waals surface area contributed by atoms with Crippen molar-refractivity contribution >= 4 is 5.96 Å². The van der Waals surface area contributed by atoms with Crippen molar-refractivity contribution in [2.24, 2.45) is 4.99 Å². The molecule has 0 spiro atoms. The van der Waals surface area contributed by atoms with Gasteiger partial charge in [-0.2, -0.15) is 0 Å². The fourth-order valence-corrected chi connectivity index (χ4v) is 1.97. The molecule has 21 heavy (non-hydrogen) atoms. The zero-order chi connectivity index (χ0) is 15.8. The van der Waals surface area contributed by atoms with E-state index in [-0.39, 0.29) is 0 Å². The number of methoxy groups -OCH3 is 1. The molecule has 0 radical (unpaired) electrons. The van der Waals surface area contributed by atoms with Gasteiger partial charge in [0, 0.05) is 19.7 Å². The molecule has 0 aliphatic heterocycles. The van der Waals surface area contributed by atoms with Gasteiger partial charge in [0.15, 0.2) is 5.96 Å². The van der Waals surface area contributed by atoms with Gasteiger partial charge in [-0.3, -0.25) is 4.99 Å². The molecule has 2 N–H and O–H groups in total. The van der Waals surface area contributed by atoms with E-state index in [1.807, 2.05) is 0 Å². The number of rotatable bonds is 13. The first-order valence-electron chi connectivity index (χ1n) is 8.36. The Balaban J connectivity index is 3.86. The van der Waals surface area contributed by atoms with E-state index < -0.39 is 0 Å². The molecule has 0 saturated heterocycles. The van der Waals surface area contributed by atoms with Crippen molar-refractivity contribution in [1.82, 2.24) is 10.6 Å². The first-order valence-corrected chi connectivity index (χ1v) is 8.36. The van der Waals surface area contributed by atoms with Crippen LogP contribution in [-0.4, -0.2) is 52.0 Å². The molecule has 5 heteroatoms. The van der Waals surface area contributed by atoms with Crippen molar-refractivity contribution in [2.75, 3.05) is 40.0 Å². The molecule has 5 nitrogen and oxygen atoms in total. The zero-order valence-electron chi connectivity index (χ0n) is 14.4. The molecule has 0 aromatic rings. The summed E-state index contributed by atoms with van der Waals surface area (Å²) in [4.78, 5) is 4.52. The summed E-state index contributed by atoms with van der Waals surface area (Å²) in [5.41, 5.74) is 0. The lowest BCUT2D eigenvalue weighted by molar-refractivity contribution is 0.0748. The van der Waals surface area contributed by atoms with Gasteiger partial charge in [-0.05, 0) is 20.3 Å². The molecule has 0 heterocycles. The summed E-state index contributed by atoms with van der Waals surface area (Å²) in [6.45, 7) is 9.98. The molecule has 0 aromatic carbocycles. The summed E-state index contributed by atoms with van der Waals surface area (Å²) in [6, 6.07) is 0.453. The van der Waals surface area contributed by atoms with Gasteiger partial charge in [0.2, 0.25) is 0 Å². The molecule has 0 rings (SSSR count). The van der Waals surface area contributed by atoms with Crippen molar-refractivity contribution in [1.29, 1.82) is 0 Å². The fourth-order valence-electron chi connectivity index (χ4n) is 1.97. The van der Waals surface area contributed by atoms with Gasteiger partial charge in [-0.1, -0.05) is 32.6 Å². The van der Waals surface area contributed by atoms with E-state index in [4.69, 9.17) is 9.47 Å². The summed E-state index contributed by atoms with van der Waals surface area (Å²) >= 11 is 0. The summed E-state index contributed by atoms with van der Waals surface area (Å²) in [5.74, 6) is 0.885. The van der Waals surface area contributed by atoms with Crippen LogP contribution in [0.2, 0.25) is 0 Å². The topological polar surface area (TPSA) is 54.9 Å². The van der Waals surface area contributed by atoms with Crippen LogP contribution in [0.15, 0.2) is 4.99 Å². The molecule has 1 unspecified atom stereocenters. The summed E-state index contributed by atoms with van der Waals surface area (Å²) < 4.78 is 10.3. The fraction of sp³-hybridized carbons (Fsp3) is 0.938. The van der Waals surface area contributed by atoms with E-state index in [1.54, 1.807) is 7.11 Å². The predicted molar refractivity (Wildman–Crippen MR) is 90.0 cm³/mol. The highest BCUT2D eigenvalue weighted by Crippen LogP contribution is 2.05. The Hall–Kier alpha value is -0.810. The summed E-state index contributed by atoms with van der Waals surface area (Å²) in [7, 11) is 1.68. The smallest absolute Gasteiger partial charge is 0.191 e. The number of nitrogens with zero attached hydrogens (tertiary/aromatic N) is 1. The molecule has 0 saturated carbocycles. The van der Waals surface area contributed by atoms with Crippen LogP contribution in [0.5, 0.6) is 0 Å². The van der Waals surface area contributed by atoms with E-state index in [2.05, 4.69) is 36.4 Å². The molecule has 0 aliphatic rings. The first kappa shape index (κ1) is 20.2. The quantitative estimate of drug-likeness (QED) is 0.312. The minimum absolute atomic E-state index is 0.453. The van der Waals surface area contributed by atoms with Crippen LogP contribution in [0.4, 0.5) is 0 Å². The Morgan fingerprint density at radius 1 is 1.10 bits per heavy atom. The second-order valence-corrected chi connectivity index (χ2v) is 5.26. The van der Waals surface area contributed by atoms with Crippen molar-refractivity contribution < 1.29 is 9.47 Å². The monoisotopic (exact) mass is 301 g/mol. The number of hydrogen-bond acceptors (Lipinski definition) is 3. The highest BCUT2D eigenvalue weighted by molar-refractivity contribution is 5.80. The summed E-state index contributed by atoms with van der Waals surface area (Å²) in [5, 5.41) is 6.73. The third kappa shape index (κ3) is 13.9. The van der Waals surface area contributed by atoms with Crippen molar-refractivity contribution in [3.05, 3.63) is 0 Å². The molecule has 0 amide bonds. The molecule has 0 fully saturated rings. The SMILES string of the molecule is CCCCCCC(C)NC(=NCCOCCOC)NCC. The van der Waals surface area contributed by atoms with Gasteiger partial charge >= 0.3 is 0 Å². The molecule has 0 bridgehead atoms. The predicted octanol–water partition coefficient (Wildman–Crippen LogP) is 2.56. The molecular formula is C16H35N3O2. The maximum absolute atomic E-state index is 5.41. The Bertz CT molecular complexity index is 248. The third-order valence-electron chi connectivity index (χ3n) is 3.16. The van der Waals surface area contributed by atoms with E-state index in [0.29, 0.717) is 32.4 Å². The average Bonchev–Trinajstić information content (AvgIpc) is 2.47. The highest BCUT2D eigenvalue weighted by atomic mass is 16.5. The van der Waals surface area contributed by atoms with Crippen LogP contribution in [0.25, 0.3) is 0 Å². The minimum Gasteiger partial charge on any atom is -0.382 e. The molecule has 126 valence electrons. The van der Waals surface area contributed by atoms with Crippen molar-refractivity contribution in [3.8, 4) is 0 Å². The van der Waals surface area contributed by atoms with Gasteiger partial charge in [-0.15, -0.1) is 0 Å². The third-order valence-corrected chi connectivity index (χ3v) is 3.16. The standard InChI is InChI=1S/C16H35N3O2/c1-5-7-8-9-10-15(3)19-16(17-6-2)18-11-12-21-14-13-20-4/h15H,5-14H2,1-4H3,(H2,17,18,19). The van der Waals surface area contributed by atoms with Gasteiger partial charge in [-0.25, -0.2) is 0 Å². The van der Waals surface area contributed by atoms with Gasteiger partial charge in [0.05, 0.1) is 26.4 Å². The van der Waals surface area contributed by atoms with Crippen molar-refractivity contribution in [2.45, 2.75) is 58.9 Å². The highest BCUT2D eigenvalue weighted by Gasteiger charge is 2.04. The zero-order valence-corrected chi connectivity index (χ0v) is 14.4. The van der Waals surface area contributed by atoms with E-state index in [0.717, 1.165) is 12.5 Å². The lowest BCUT2D eigenvalue weighted by Crippen LogP contribution is -2.42. The average molecular weight is 301 g/mol. The number of aliphatic imine (C=N–C) groups is 1.